The molecule has 1 aliphatic rings. The van der Waals surface area contributed by atoms with Crippen molar-refractivity contribution in [3.63, 3.8) is 0 Å². The third kappa shape index (κ3) is 3.88. The fourth-order valence-electron chi connectivity index (χ4n) is 1.95. The number of carbonyl (C=O) groups excluding carboxylic acids is 1. The molecule has 0 saturated carbocycles. The number of hydrogen-bond donors (Lipinski definition) is 2. The van der Waals surface area contributed by atoms with Crippen molar-refractivity contribution in [2.24, 2.45) is 0 Å². The Kier molecular flexibility index (Phi) is 5.25. The van der Waals surface area contributed by atoms with Gasteiger partial charge < -0.3 is 9.80 Å². The highest BCUT2D eigenvalue weighted by Gasteiger charge is 2.16. The molecule has 7 heteroatoms. The van der Waals surface area contributed by atoms with Crippen LogP contribution in [0.5, 0.6) is 0 Å². The number of nitrogens with one attached hydrogen (secondary N) is 2. The molecule has 1 saturated heterocycles. The van der Waals surface area contributed by atoms with E-state index in [1.54, 1.807) is 12.4 Å². The highest BCUT2D eigenvalue weighted by atomic mass is 16.2. The monoisotopic (exact) mass is 278 g/mol. The van der Waals surface area contributed by atoms with E-state index < -0.39 is 0 Å². The summed E-state index contributed by atoms with van der Waals surface area (Å²) >= 11 is 0. The largest absolute Gasteiger partial charge is 0.338 e. The van der Waals surface area contributed by atoms with Crippen molar-refractivity contribution in [3.8, 4) is 0 Å². The second-order valence-corrected chi connectivity index (χ2v) is 4.94. The number of aromatic nitrogens is 2. The first kappa shape index (κ1) is 14.7. The molecule has 0 aromatic carbocycles. The van der Waals surface area contributed by atoms with E-state index in [4.69, 9.17) is 0 Å². The lowest BCUT2D eigenvalue weighted by atomic mass is 10.3. The van der Waals surface area contributed by atoms with Crippen LogP contribution in [0.15, 0.2) is 12.4 Å². The third-order valence-corrected chi connectivity index (χ3v) is 3.26. The van der Waals surface area contributed by atoms with Crippen molar-refractivity contribution in [2.75, 3.05) is 44.7 Å². The maximum Gasteiger partial charge on any atom is 0.268 e. The van der Waals surface area contributed by atoms with E-state index in [1.165, 1.54) is 0 Å². The summed E-state index contributed by atoms with van der Waals surface area (Å²) in [5.74, 6) is 0.486. The summed E-state index contributed by atoms with van der Waals surface area (Å²) in [5.41, 5.74) is 5.92. The zero-order valence-electron chi connectivity index (χ0n) is 12.1. The molecule has 1 aromatic rings. The number of carbonyl (C=O) groups is 1. The first-order valence-electron chi connectivity index (χ1n) is 6.99. The lowest BCUT2D eigenvalue weighted by Crippen LogP contribution is -2.45. The molecule has 0 radical (unpaired) electrons. The van der Waals surface area contributed by atoms with Gasteiger partial charge in [0.2, 0.25) is 5.95 Å². The minimum atomic E-state index is -0.205. The van der Waals surface area contributed by atoms with Crippen molar-refractivity contribution >= 4 is 11.9 Å². The Labute approximate surface area is 119 Å². The summed E-state index contributed by atoms with van der Waals surface area (Å²) < 4.78 is 0. The fraction of sp³-hybridized carbons (Fsp3) is 0.615. The van der Waals surface area contributed by atoms with Gasteiger partial charge in [-0.15, -0.1) is 0 Å². The molecule has 7 nitrogen and oxygen atoms in total. The lowest BCUT2D eigenvalue weighted by Gasteiger charge is -2.32. The number of rotatable bonds is 5. The normalized spacial score (nSPS) is 16.2. The van der Waals surface area contributed by atoms with Gasteiger partial charge in [0.05, 0.1) is 5.56 Å². The number of hydrogen-bond acceptors (Lipinski definition) is 6. The second kappa shape index (κ2) is 7.16. The van der Waals surface area contributed by atoms with Gasteiger partial charge in [0.25, 0.3) is 5.91 Å². The number of amides is 1. The zero-order chi connectivity index (χ0) is 14.4. The number of hydrazine groups is 1. The standard InChI is InChI=1S/C13H22N6O/c1-3-4-16-17-12(20)11-9-14-13(15-10-11)19-7-5-18(2)6-8-19/h9-10,16H,3-8H2,1-2H3,(H,17,20). The summed E-state index contributed by atoms with van der Waals surface area (Å²) in [6.07, 6.45) is 4.10. The van der Waals surface area contributed by atoms with Crippen molar-refractivity contribution in [1.82, 2.24) is 25.7 Å². The van der Waals surface area contributed by atoms with Crippen LogP contribution in [-0.4, -0.2) is 60.5 Å². The average Bonchev–Trinajstić information content (AvgIpc) is 2.48. The molecule has 0 spiro atoms. The van der Waals surface area contributed by atoms with E-state index in [0.29, 0.717) is 11.5 Å². The van der Waals surface area contributed by atoms with Gasteiger partial charge in [-0.05, 0) is 13.5 Å². The quantitative estimate of drug-likeness (QED) is 0.577. The van der Waals surface area contributed by atoms with Gasteiger partial charge in [-0.3, -0.25) is 10.2 Å². The molecule has 1 aliphatic heterocycles. The zero-order valence-corrected chi connectivity index (χ0v) is 12.1. The van der Waals surface area contributed by atoms with E-state index in [1.807, 2.05) is 6.92 Å². The van der Waals surface area contributed by atoms with Crippen molar-refractivity contribution in [3.05, 3.63) is 18.0 Å². The number of nitrogens with zero attached hydrogens (tertiary/aromatic N) is 4. The number of piperazine rings is 1. The highest BCUT2D eigenvalue weighted by Crippen LogP contribution is 2.09. The van der Waals surface area contributed by atoms with E-state index in [2.05, 4.69) is 37.7 Å². The van der Waals surface area contributed by atoms with Crippen molar-refractivity contribution in [2.45, 2.75) is 13.3 Å². The van der Waals surface area contributed by atoms with E-state index >= 15 is 0 Å². The Balaban J connectivity index is 1.90. The van der Waals surface area contributed by atoms with Crippen LogP contribution in [-0.2, 0) is 0 Å². The lowest BCUT2D eigenvalue weighted by molar-refractivity contribution is 0.0932. The number of anilines is 1. The molecule has 0 atom stereocenters. The molecule has 0 aliphatic carbocycles. The fourth-order valence-corrected chi connectivity index (χ4v) is 1.95. The van der Waals surface area contributed by atoms with Crippen LogP contribution in [0, 0.1) is 0 Å². The van der Waals surface area contributed by atoms with Crippen molar-refractivity contribution < 1.29 is 4.79 Å². The van der Waals surface area contributed by atoms with Crippen LogP contribution in [0.2, 0.25) is 0 Å². The van der Waals surface area contributed by atoms with Gasteiger partial charge in [-0.25, -0.2) is 15.4 Å². The smallest absolute Gasteiger partial charge is 0.268 e. The Morgan fingerprint density at radius 1 is 1.25 bits per heavy atom. The predicted octanol–water partition coefficient (Wildman–Crippen LogP) is -0.127. The molecular formula is C13H22N6O. The first-order chi connectivity index (χ1) is 9.70. The summed E-state index contributed by atoms with van der Waals surface area (Å²) in [4.78, 5) is 24.8. The van der Waals surface area contributed by atoms with Gasteiger partial charge in [0.1, 0.15) is 0 Å². The molecule has 0 bridgehead atoms. The minimum absolute atomic E-state index is 0.205. The van der Waals surface area contributed by atoms with Gasteiger partial charge in [0, 0.05) is 45.1 Å². The van der Waals surface area contributed by atoms with Crippen LogP contribution in [0.3, 0.4) is 0 Å². The Morgan fingerprint density at radius 2 is 1.90 bits per heavy atom. The summed E-state index contributed by atoms with van der Waals surface area (Å²) in [7, 11) is 2.11. The maximum absolute atomic E-state index is 11.8. The molecule has 0 unspecified atom stereocenters. The summed E-state index contributed by atoms with van der Waals surface area (Å²) in [6, 6.07) is 0. The molecule has 2 N–H and O–H groups in total. The SMILES string of the molecule is CCCNNC(=O)c1cnc(N2CCN(C)CC2)nc1. The third-order valence-electron chi connectivity index (χ3n) is 3.26. The van der Waals surface area contributed by atoms with E-state index in [9.17, 15) is 4.79 Å². The Morgan fingerprint density at radius 3 is 2.50 bits per heavy atom. The first-order valence-corrected chi connectivity index (χ1v) is 6.99. The highest BCUT2D eigenvalue weighted by molar-refractivity contribution is 5.93. The number of likely N-dealkylation sites (N-methyl/N-ethyl adjacent to an activating group) is 1. The van der Waals surface area contributed by atoms with Gasteiger partial charge >= 0.3 is 0 Å². The molecule has 2 rings (SSSR count). The molecule has 2 heterocycles. The average molecular weight is 278 g/mol. The predicted molar refractivity (Wildman–Crippen MR) is 77.5 cm³/mol. The Hall–Kier alpha value is -1.73. The van der Waals surface area contributed by atoms with Crippen molar-refractivity contribution in [1.29, 1.82) is 0 Å². The Bertz CT molecular complexity index is 427. The second-order valence-electron chi connectivity index (χ2n) is 4.94. The molecule has 20 heavy (non-hydrogen) atoms. The van der Waals surface area contributed by atoms with E-state index in [0.717, 1.165) is 39.1 Å². The summed E-state index contributed by atoms with van der Waals surface area (Å²) in [5, 5.41) is 0. The molecule has 1 amide bonds. The molecule has 1 fully saturated rings. The van der Waals surface area contributed by atoms with Gasteiger partial charge in [-0.2, -0.15) is 0 Å². The summed E-state index contributed by atoms with van der Waals surface area (Å²) in [6.45, 7) is 6.62. The van der Waals surface area contributed by atoms with Crippen LogP contribution in [0.1, 0.15) is 23.7 Å². The van der Waals surface area contributed by atoms with Gasteiger partial charge in [-0.1, -0.05) is 6.92 Å². The topological polar surface area (TPSA) is 73.4 Å². The van der Waals surface area contributed by atoms with Crippen LogP contribution >= 0.6 is 0 Å². The van der Waals surface area contributed by atoms with Crippen LogP contribution < -0.4 is 15.8 Å². The molecule has 110 valence electrons. The minimum Gasteiger partial charge on any atom is -0.338 e. The van der Waals surface area contributed by atoms with Crippen LogP contribution in [0.4, 0.5) is 5.95 Å². The van der Waals surface area contributed by atoms with Gasteiger partial charge in [0.15, 0.2) is 0 Å². The van der Waals surface area contributed by atoms with E-state index in [-0.39, 0.29) is 5.91 Å². The molecular weight excluding hydrogens is 256 g/mol. The molecule has 1 aromatic heterocycles. The van der Waals surface area contributed by atoms with Crippen LogP contribution in [0.25, 0.3) is 0 Å². The maximum atomic E-state index is 11.8.